The van der Waals surface area contributed by atoms with Crippen LogP contribution >= 0.6 is 11.6 Å². The SMILES string of the molecule is CC(=O)N[C@H](CCCN=C(N)N)C(=O)N[C@@H]1CC(=O)NCCCC[C@H](C(N)=O)NC(=O)[C@@H](Cc2c[nH]c3ccccc23)NC(=O)[C@@H](CCCN=C(N)N)NC(=O)[C@H](Cc2ccccc2)NC(=O)[C@H]2C[C@H](Cc3cccc(Cl)c3)CN2C1=O. The molecule has 2 fully saturated rings. The molecule has 1 aromatic heterocycles. The van der Waals surface area contributed by atoms with Crippen molar-refractivity contribution in [2.24, 2.45) is 44.6 Å². The minimum Gasteiger partial charge on any atom is -0.370 e. The van der Waals surface area contributed by atoms with Gasteiger partial charge in [-0.3, -0.25) is 53.1 Å². The van der Waals surface area contributed by atoms with Crippen molar-refractivity contribution >= 4 is 87.6 Å². The maximum atomic E-state index is 15.2. The van der Waals surface area contributed by atoms with Crippen LogP contribution in [0.15, 0.2) is 95.0 Å². The van der Waals surface area contributed by atoms with E-state index in [0.29, 0.717) is 22.6 Å². The summed E-state index contributed by atoms with van der Waals surface area (Å²) < 4.78 is 0. The van der Waals surface area contributed by atoms with E-state index >= 15 is 9.59 Å². The third-order valence-electron chi connectivity index (χ3n) is 14.2. The Morgan fingerprint density at radius 2 is 1.38 bits per heavy atom. The summed E-state index contributed by atoms with van der Waals surface area (Å²) in [5.41, 5.74) is 30.9. The number of guanidine groups is 2. The number of rotatable bonds is 18. The molecule has 0 aliphatic carbocycles. The highest BCUT2D eigenvalue weighted by Crippen LogP contribution is 2.29. The van der Waals surface area contributed by atoms with Crippen LogP contribution in [-0.2, 0) is 62.4 Å². The second-order valence-corrected chi connectivity index (χ2v) is 21.0. The van der Waals surface area contributed by atoms with E-state index < -0.39 is 102 Å². The molecule has 4 aromatic rings. The Morgan fingerprint density at radius 3 is 2.09 bits per heavy atom. The van der Waals surface area contributed by atoms with Crippen molar-refractivity contribution in [3.8, 4) is 0 Å². The van der Waals surface area contributed by atoms with Crippen LogP contribution in [0.5, 0.6) is 0 Å². The third kappa shape index (κ3) is 19.2. The normalized spacial score (nSPS) is 22.0. The molecular formula is C56H75ClN16O9. The molecule has 0 saturated carbocycles. The average molecular weight is 1150 g/mol. The molecule has 2 aliphatic rings. The number of hydrogen-bond acceptors (Lipinski definition) is 11. The van der Waals surface area contributed by atoms with E-state index in [1.54, 1.807) is 54.7 Å². The van der Waals surface area contributed by atoms with E-state index in [1.807, 2.05) is 30.3 Å². The number of halogens is 1. The molecule has 0 unspecified atom stereocenters. The van der Waals surface area contributed by atoms with Crippen molar-refractivity contribution in [1.29, 1.82) is 0 Å². The number of aromatic nitrogens is 1. The summed E-state index contributed by atoms with van der Waals surface area (Å²) in [7, 11) is 0. The number of nitrogens with one attached hydrogen (secondary N) is 8. The zero-order valence-corrected chi connectivity index (χ0v) is 46.6. The van der Waals surface area contributed by atoms with Gasteiger partial charge in [-0.1, -0.05) is 72.3 Å². The number of amides is 9. The van der Waals surface area contributed by atoms with Gasteiger partial charge in [-0.15, -0.1) is 0 Å². The van der Waals surface area contributed by atoms with Crippen LogP contribution in [0.4, 0.5) is 0 Å². The van der Waals surface area contributed by atoms with Gasteiger partial charge in [0.2, 0.25) is 53.2 Å². The van der Waals surface area contributed by atoms with Gasteiger partial charge in [-0.2, -0.15) is 0 Å². The maximum absolute atomic E-state index is 15.2. The summed E-state index contributed by atoms with van der Waals surface area (Å²) in [6.45, 7) is 1.38. The summed E-state index contributed by atoms with van der Waals surface area (Å²) in [5.74, 6) is -7.56. The average Bonchev–Trinajstić information content (AvgIpc) is 4.12. The van der Waals surface area contributed by atoms with E-state index in [2.05, 4.69) is 52.2 Å². The van der Waals surface area contributed by atoms with Crippen molar-refractivity contribution in [2.45, 2.75) is 126 Å². The number of nitrogens with zero attached hydrogens (tertiary/aromatic N) is 3. The van der Waals surface area contributed by atoms with Gasteiger partial charge in [0.05, 0.1) is 6.42 Å². The number of para-hydroxylation sites is 1. The first-order valence-corrected chi connectivity index (χ1v) is 27.7. The lowest BCUT2D eigenvalue weighted by Crippen LogP contribution is -2.60. The number of carbonyl (C=O) groups is 9. The Kier molecular flexibility index (Phi) is 23.4. The van der Waals surface area contributed by atoms with Gasteiger partial charge in [-0.25, -0.2) is 0 Å². The molecule has 25 nitrogen and oxygen atoms in total. The number of benzene rings is 3. The number of nitrogens with two attached hydrogens (primary N) is 5. The maximum Gasteiger partial charge on any atom is 0.246 e. The molecule has 0 radical (unpaired) electrons. The van der Waals surface area contributed by atoms with Gasteiger partial charge >= 0.3 is 0 Å². The minimum absolute atomic E-state index is 0.0234. The second-order valence-electron chi connectivity index (χ2n) is 20.6. The number of fused-ring (bicyclic) bond motifs is 2. The number of aromatic amines is 1. The van der Waals surface area contributed by atoms with Crippen molar-refractivity contribution in [1.82, 2.24) is 47.1 Å². The quantitative estimate of drug-likeness (QED) is 0.0333. The van der Waals surface area contributed by atoms with Crippen molar-refractivity contribution in [3.05, 3.63) is 107 Å². The number of carbonyl (C=O) groups excluding carboxylic acids is 9. The van der Waals surface area contributed by atoms with E-state index in [1.165, 1.54) is 11.8 Å². The molecule has 0 bridgehead atoms. The van der Waals surface area contributed by atoms with Crippen LogP contribution in [0.1, 0.15) is 81.4 Å². The minimum atomic E-state index is -1.60. The lowest BCUT2D eigenvalue weighted by Gasteiger charge is -2.31. The summed E-state index contributed by atoms with van der Waals surface area (Å²) in [6.07, 6.45) is 2.27. The molecule has 8 atom stereocenters. The fourth-order valence-corrected chi connectivity index (χ4v) is 10.4. The highest BCUT2D eigenvalue weighted by atomic mass is 35.5. The molecular weight excluding hydrogens is 1080 g/mol. The zero-order chi connectivity index (χ0) is 59.3. The predicted molar refractivity (Wildman–Crippen MR) is 309 cm³/mol. The molecule has 26 heteroatoms. The molecule has 3 aromatic carbocycles. The number of primary amides is 1. The van der Waals surface area contributed by atoms with E-state index in [4.69, 9.17) is 40.3 Å². The molecule has 0 spiro atoms. The van der Waals surface area contributed by atoms with Crippen molar-refractivity contribution in [2.75, 3.05) is 26.2 Å². The second kappa shape index (κ2) is 30.7. The molecule has 440 valence electrons. The summed E-state index contributed by atoms with van der Waals surface area (Å²) in [5, 5.41) is 20.5. The first kappa shape index (κ1) is 62.5. The number of aliphatic imine (C=N–C) groups is 2. The van der Waals surface area contributed by atoms with Gasteiger partial charge in [0.1, 0.15) is 42.3 Å². The first-order chi connectivity index (χ1) is 39.2. The van der Waals surface area contributed by atoms with E-state index in [-0.39, 0.29) is 108 Å². The predicted octanol–water partition coefficient (Wildman–Crippen LogP) is -0.722. The summed E-state index contributed by atoms with van der Waals surface area (Å²) in [6, 6.07) is 13.8. The smallest absolute Gasteiger partial charge is 0.246 e. The Hall–Kier alpha value is -8.74. The number of H-pyrrole nitrogens is 1. The molecule has 2 saturated heterocycles. The monoisotopic (exact) mass is 1150 g/mol. The van der Waals surface area contributed by atoms with E-state index in [9.17, 15) is 33.6 Å². The van der Waals surface area contributed by atoms with Crippen LogP contribution in [0.3, 0.4) is 0 Å². The molecule has 9 amide bonds. The Balaban J connectivity index is 1.40. The van der Waals surface area contributed by atoms with Crippen molar-refractivity contribution in [3.63, 3.8) is 0 Å². The fourth-order valence-electron chi connectivity index (χ4n) is 10.1. The summed E-state index contributed by atoms with van der Waals surface area (Å²) in [4.78, 5) is 140. The van der Waals surface area contributed by atoms with Crippen LogP contribution in [0.25, 0.3) is 10.9 Å². The van der Waals surface area contributed by atoms with Gasteiger partial charge in [0.25, 0.3) is 0 Å². The van der Waals surface area contributed by atoms with Gasteiger partial charge in [-0.05, 0) is 98.6 Å². The van der Waals surface area contributed by atoms with Gasteiger partial charge < -0.3 is 75.8 Å². The lowest BCUT2D eigenvalue weighted by atomic mass is 9.96. The third-order valence-corrected chi connectivity index (χ3v) is 14.4. The standard InChI is InChI=1S/C56H75ClN16O9/c1-32(74)67-41(19-10-22-64-55(59)60)49(77)72-45-29-47(75)63-21-8-7-18-40(48(58)76)68-52(80)44(28-36-30-66-39-17-6-5-16-38(36)39)70-50(78)42(20-11-23-65-56(61)62)69-51(79)43(26-33-12-3-2-4-13-33)71-53(81)46-27-35(31-73(46)54(45)82)24-34-14-9-15-37(57)25-34/h2-6,9,12-17,25,30,35,40-46,66H,7-8,10-11,18-24,26-29,31H2,1H3,(H2,58,76)(H,63,75)(H,67,74)(H,68,80)(H,69,79)(H,70,78)(H,71,81)(H,72,77)(H4,59,60,64)(H4,61,62,65)/t35-,40+,41+,42+,43-,44+,45+,46+/m0/s1. The van der Waals surface area contributed by atoms with Crippen LogP contribution < -0.4 is 65.9 Å². The van der Waals surface area contributed by atoms with Crippen molar-refractivity contribution < 1.29 is 43.2 Å². The molecule has 6 rings (SSSR count). The molecule has 18 N–H and O–H groups in total. The largest absolute Gasteiger partial charge is 0.370 e. The van der Waals surface area contributed by atoms with Gasteiger partial charge in [0.15, 0.2) is 11.9 Å². The highest BCUT2D eigenvalue weighted by Gasteiger charge is 2.44. The van der Waals surface area contributed by atoms with Crippen LogP contribution in [0.2, 0.25) is 5.02 Å². The Labute approximate surface area is 479 Å². The zero-order valence-electron chi connectivity index (χ0n) is 45.8. The summed E-state index contributed by atoms with van der Waals surface area (Å²) >= 11 is 6.39. The van der Waals surface area contributed by atoms with Gasteiger partial charge in [0, 0.05) is 68.1 Å². The van der Waals surface area contributed by atoms with Crippen LogP contribution in [0, 0.1) is 5.92 Å². The fraction of sp³-hybridized carbons (Fsp3) is 0.446. The lowest BCUT2D eigenvalue weighted by molar-refractivity contribution is -0.143. The number of hydrogen-bond donors (Lipinski definition) is 13. The Bertz CT molecular complexity index is 2970. The molecule has 82 heavy (non-hydrogen) atoms. The topological polar surface area (TPSA) is 412 Å². The highest BCUT2D eigenvalue weighted by molar-refractivity contribution is 6.30. The molecule has 2 aliphatic heterocycles. The first-order valence-electron chi connectivity index (χ1n) is 27.3. The van der Waals surface area contributed by atoms with E-state index in [0.717, 1.165) is 16.5 Å². The van der Waals surface area contributed by atoms with Crippen LogP contribution in [-0.4, -0.2) is 143 Å². The Morgan fingerprint density at radius 1 is 0.732 bits per heavy atom. The molecule has 3 heterocycles.